The summed E-state index contributed by atoms with van der Waals surface area (Å²) in [5, 5.41) is 11.5. The Morgan fingerprint density at radius 2 is 2.36 bits per heavy atom. The number of nitrogens with one attached hydrogen (secondary N) is 1. The highest BCUT2D eigenvalue weighted by molar-refractivity contribution is 5.97. The number of fused-ring (bicyclic) bond motifs is 1. The monoisotopic (exact) mass is 186 g/mol. The first-order chi connectivity index (χ1) is 6.70. The highest BCUT2D eigenvalue weighted by Crippen LogP contribution is 2.25. The molecule has 0 saturated carbocycles. The van der Waals surface area contributed by atoms with Gasteiger partial charge in [0, 0.05) is 5.69 Å². The van der Waals surface area contributed by atoms with E-state index in [1.165, 1.54) is 0 Å². The Balaban J connectivity index is 2.42. The Labute approximate surface area is 82.4 Å². The maximum Gasteiger partial charge on any atom is 0.242 e. The van der Waals surface area contributed by atoms with Gasteiger partial charge in [-0.05, 0) is 25.0 Å². The topological polar surface area (TPSA) is 52.9 Å². The van der Waals surface area contributed by atoms with Crippen molar-refractivity contribution in [3.05, 3.63) is 29.3 Å². The van der Waals surface area contributed by atoms with E-state index in [0.29, 0.717) is 6.42 Å². The number of carbonyl (C=O) groups excluding carboxylic acids is 1. The summed E-state index contributed by atoms with van der Waals surface area (Å²) in [6, 6.07) is 7.85. The van der Waals surface area contributed by atoms with Crippen molar-refractivity contribution < 1.29 is 4.79 Å². The summed E-state index contributed by atoms with van der Waals surface area (Å²) in [5.41, 5.74) is 3.04. The zero-order valence-corrected chi connectivity index (χ0v) is 7.87. The zero-order chi connectivity index (χ0) is 10.1. The van der Waals surface area contributed by atoms with E-state index in [1.54, 1.807) is 0 Å². The molecule has 0 saturated heterocycles. The molecule has 1 unspecified atom stereocenters. The second-order valence-corrected chi connectivity index (χ2v) is 3.54. The van der Waals surface area contributed by atoms with Crippen molar-refractivity contribution in [2.45, 2.75) is 13.3 Å². The SMILES string of the molecule is Cc1ccc2c(c1)CC(C#N)C(=O)N2. The molecule has 2 rings (SSSR count). The smallest absolute Gasteiger partial charge is 0.242 e. The van der Waals surface area contributed by atoms with Crippen molar-refractivity contribution in [1.29, 1.82) is 5.26 Å². The molecule has 0 aromatic heterocycles. The van der Waals surface area contributed by atoms with E-state index in [1.807, 2.05) is 31.2 Å². The number of hydrogen-bond donors (Lipinski definition) is 1. The molecule has 1 amide bonds. The normalized spacial score (nSPS) is 19.4. The molecule has 0 spiro atoms. The maximum atomic E-state index is 11.3. The molecule has 3 heteroatoms. The second kappa shape index (κ2) is 3.15. The number of nitrogens with zero attached hydrogens (tertiary/aromatic N) is 1. The van der Waals surface area contributed by atoms with Gasteiger partial charge in [-0.3, -0.25) is 4.79 Å². The van der Waals surface area contributed by atoms with Crippen molar-refractivity contribution in [1.82, 2.24) is 0 Å². The molecule has 0 aliphatic carbocycles. The number of benzene rings is 1. The number of amides is 1. The van der Waals surface area contributed by atoms with E-state index >= 15 is 0 Å². The van der Waals surface area contributed by atoms with Crippen molar-refractivity contribution in [3.63, 3.8) is 0 Å². The molecule has 0 radical (unpaired) electrons. The van der Waals surface area contributed by atoms with Gasteiger partial charge in [-0.15, -0.1) is 0 Å². The third kappa shape index (κ3) is 1.35. The fourth-order valence-corrected chi connectivity index (χ4v) is 1.65. The number of nitriles is 1. The molecule has 14 heavy (non-hydrogen) atoms. The zero-order valence-electron chi connectivity index (χ0n) is 7.87. The van der Waals surface area contributed by atoms with Crippen molar-refractivity contribution in [2.24, 2.45) is 5.92 Å². The molecular weight excluding hydrogens is 176 g/mol. The minimum atomic E-state index is -0.538. The van der Waals surface area contributed by atoms with E-state index in [-0.39, 0.29) is 5.91 Å². The van der Waals surface area contributed by atoms with Gasteiger partial charge in [0.2, 0.25) is 5.91 Å². The van der Waals surface area contributed by atoms with Gasteiger partial charge in [-0.2, -0.15) is 5.26 Å². The van der Waals surface area contributed by atoms with Gasteiger partial charge in [-0.1, -0.05) is 17.7 Å². The van der Waals surface area contributed by atoms with Gasteiger partial charge in [0.25, 0.3) is 0 Å². The maximum absolute atomic E-state index is 11.3. The Morgan fingerprint density at radius 1 is 1.57 bits per heavy atom. The molecule has 1 aromatic carbocycles. The molecule has 1 heterocycles. The molecule has 70 valence electrons. The lowest BCUT2D eigenvalue weighted by Gasteiger charge is -2.20. The van der Waals surface area contributed by atoms with Crippen LogP contribution in [0.3, 0.4) is 0 Å². The fourth-order valence-electron chi connectivity index (χ4n) is 1.65. The average molecular weight is 186 g/mol. The van der Waals surface area contributed by atoms with Crippen LogP contribution in [0.25, 0.3) is 0 Å². The number of hydrogen-bond acceptors (Lipinski definition) is 2. The molecule has 0 fully saturated rings. The average Bonchev–Trinajstić information content (AvgIpc) is 2.17. The number of rotatable bonds is 0. The third-order valence-electron chi connectivity index (χ3n) is 2.41. The van der Waals surface area contributed by atoms with E-state index in [4.69, 9.17) is 5.26 Å². The summed E-state index contributed by atoms with van der Waals surface area (Å²) >= 11 is 0. The Morgan fingerprint density at radius 3 is 3.07 bits per heavy atom. The lowest BCUT2D eigenvalue weighted by molar-refractivity contribution is -0.118. The summed E-state index contributed by atoms with van der Waals surface area (Å²) in [5.74, 6) is -0.729. The van der Waals surface area contributed by atoms with Crippen LogP contribution in [0.2, 0.25) is 0 Å². The van der Waals surface area contributed by atoms with Gasteiger partial charge in [0.1, 0.15) is 5.92 Å². The Kier molecular flexibility index (Phi) is 1.97. The first kappa shape index (κ1) is 8.76. The number of anilines is 1. The quantitative estimate of drug-likeness (QED) is 0.669. The highest BCUT2D eigenvalue weighted by atomic mass is 16.1. The van der Waals surface area contributed by atoms with Crippen LogP contribution in [0.5, 0.6) is 0 Å². The summed E-state index contributed by atoms with van der Waals surface area (Å²) in [6.45, 7) is 2.00. The van der Waals surface area contributed by atoms with Crippen LogP contribution >= 0.6 is 0 Å². The Bertz CT molecular complexity index is 431. The molecule has 3 nitrogen and oxygen atoms in total. The van der Waals surface area contributed by atoms with Crippen LogP contribution in [-0.2, 0) is 11.2 Å². The molecule has 1 N–H and O–H groups in total. The molecule has 0 bridgehead atoms. The molecule has 1 atom stereocenters. The summed E-state index contributed by atoms with van der Waals surface area (Å²) < 4.78 is 0. The number of aryl methyl sites for hydroxylation is 1. The van der Waals surface area contributed by atoms with Gasteiger partial charge >= 0.3 is 0 Å². The molecule has 1 aliphatic heterocycles. The molecule has 1 aromatic rings. The van der Waals surface area contributed by atoms with Crippen molar-refractivity contribution in [3.8, 4) is 6.07 Å². The minimum absolute atomic E-state index is 0.191. The lowest BCUT2D eigenvalue weighted by atomic mass is 9.93. The Hall–Kier alpha value is -1.82. The number of carbonyl (C=O) groups is 1. The van der Waals surface area contributed by atoms with Crippen LogP contribution in [0, 0.1) is 24.2 Å². The predicted octanol–water partition coefficient (Wildman–Crippen LogP) is 1.63. The largest absolute Gasteiger partial charge is 0.325 e. The van der Waals surface area contributed by atoms with Gasteiger partial charge in [0.05, 0.1) is 6.07 Å². The van der Waals surface area contributed by atoms with Crippen LogP contribution in [0.1, 0.15) is 11.1 Å². The van der Waals surface area contributed by atoms with Crippen LogP contribution in [0.4, 0.5) is 5.69 Å². The first-order valence-electron chi connectivity index (χ1n) is 4.50. The fraction of sp³-hybridized carbons (Fsp3) is 0.273. The molecular formula is C11H10N2O. The predicted molar refractivity (Wildman–Crippen MR) is 52.6 cm³/mol. The van der Waals surface area contributed by atoms with E-state index < -0.39 is 5.92 Å². The molecule has 1 aliphatic rings. The van der Waals surface area contributed by atoms with Crippen molar-refractivity contribution >= 4 is 11.6 Å². The standard InChI is InChI=1S/C11H10N2O/c1-7-2-3-10-8(4-7)5-9(6-12)11(14)13-10/h2-4,9H,5H2,1H3,(H,13,14). The van der Waals surface area contributed by atoms with E-state index in [2.05, 4.69) is 5.32 Å². The third-order valence-corrected chi connectivity index (χ3v) is 2.41. The van der Waals surface area contributed by atoms with Crippen molar-refractivity contribution in [2.75, 3.05) is 5.32 Å². The summed E-state index contributed by atoms with van der Waals surface area (Å²) in [7, 11) is 0. The minimum Gasteiger partial charge on any atom is -0.325 e. The lowest BCUT2D eigenvalue weighted by Crippen LogP contribution is -2.28. The van der Waals surface area contributed by atoms with Gasteiger partial charge in [-0.25, -0.2) is 0 Å². The second-order valence-electron chi connectivity index (χ2n) is 3.54. The van der Waals surface area contributed by atoms with Crippen LogP contribution < -0.4 is 5.32 Å². The van der Waals surface area contributed by atoms with Crippen LogP contribution in [-0.4, -0.2) is 5.91 Å². The summed E-state index contributed by atoms with van der Waals surface area (Å²) in [6.07, 6.45) is 0.527. The summed E-state index contributed by atoms with van der Waals surface area (Å²) in [4.78, 5) is 11.3. The van der Waals surface area contributed by atoms with Gasteiger partial charge in [0.15, 0.2) is 0 Å². The highest BCUT2D eigenvalue weighted by Gasteiger charge is 2.25. The van der Waals surface area contributed by atoms with E-state index in [0.717, 1.165) is 16.8 Å². The van der Waals surface area contributed by atoms with Crippen LogP contribution in [0.15, 0.2) is 18.2 Å². The van der Waals surface area contributed by atoms with Gasteiger partial charge < -0.3 is 5.32 Å². The van der Waals surface area contributed by atoms with E-state index in [9.17, 15) is 4.79 Å². The first-order valence-corrected chi connectivity index (χ1v) is 4.50.